The molecule has 152 valence electrons. The molecular formula is C19H22Cl2N2O4S. The third kappa shape index (κ3) is 6.58. The van der Waals surface area contributed by atoms with Crippen molar-refractivity contribution in [1.82, 2.24) is 5.32 Å². The molecular weight excluding hydrogens is 423 g/mol. The maximum atomic E-state index is 12.2. The fourth-order valence-electron chi connectivity index (χ4n) is 2.48. The number of amides is 1. The molecule has 28 heavy (non-hydrogen) atoms. The highest BCUT2D eigenvalue weighted by Crippen LogP contribution is 2.26. The number of nitrogens with zero attached hydrogens (tertiary/aromatic N) is 1. The molecule has 6 nitrogen and oxygen atoms in total. The number of carbonyl (C=O) groups is 1. The van der Waals surface area contributed by atoms with Crippen LogP contribution < -0.4 is 14.4 Å². The Morgan fingerprint density at radius 1 is 1.11 bits per heavy atom. The number of rotatable bonds is 8. The number of sulfonamides is 1. The molecule has 0 spiro atoms. The van der Waals surface area contributed by atoms with Gasteiger partial charge in [-0.15, -0.1) is 0 Å². The summed E-state index contributed by atoms with van der Waals surface area (Å²) in [4.78, 5) is 12.2. The summed E-state index contributed by atoms with van der Waals surface area (Å²) >= 11 is 11.9. The zero-order valence-corrected chi connectivity index (χ0v) is 18.2. The fraction of sp³-hybridized carbons (Fsp3) is 0.316. The van der Waals surface area contributed by atoms with Gasteiger partial charge in [0.1, 0.15) is 18.9 Å². The number of aryl methyl sites for hydroxylation is 2. The molecule has 1 amide bonds. The zero-order chi connectivity index (χ0) is 20.9. The number of nitrogens with one attached hydrogen (secondary N) is 1. The Morgan fingerprint density at radius 2 is 1.75 bits per heavy atom. The largest absolute Gasteiger partial charge is 0.491 e. The van der Waals surface area contributed by atoms with E-state index in [0.29, 0.717) is 0 Å². The predicted octanol–water partition coefficient (Wildman–Crippen LogP) is 3.57. The second kappa shape index (κ2) is 9.49. The smallest absolute Gasteiger partial charge is 0.240 e. The van der Waals surface area contributed by atoms with Gasteiger partial charge in [0.25, 0.3) is 0 Å². The summed E-state index contributed by atoms with van der Waals surface area (Å²) in [5.41, 5.74) is 2.30. The Hall–Kier alpha value is -1.96. The van der Waals surface area contributed by atoms with Gasteiger partial charge in [-0.3, -0.25) is 9.10 Å². The van der Waals surface area contributed by atoms with Crippen molar-refractivity contribution in [3.8, 4) is 5.75 Å². The number of ether oxygens (including phenoxy) is 1. The lowest BCUT2D eigenvalue weighted by molar-refractivity contribution is -0.119. The molecule has 0 atom stereocenters. The van der Waals surface area contributed by atoms with Gasteiger partial charge in [-0.25, -0.2) is 8.42 Å². The quantitative estimate of drug-likeness (QED) is 0.631. The fourth-order valence-corrected chi connectivity index (χ4v) is 3.84. The summed E-state index contributed by atoms with van der Waals surface area (Å²) in [6.45, 7) is 4.01. The topological polar surface area (TPSA) is 75.7 Å². The van der Waals surface area contributed by atoms with Crippen LogP contribution in [0.2, 0.25) is 10.0 Å². The first-order valence-electron chi connectivity index (χ1n) is 8.47. The predicted molar refractivity (Wildman–Crippen MR) is 113 cm³/mol. The molecule has 0 unspecified atom stereocenters. The third-order valence-electron chi connectivity index (χ3n) is 3.85. The molecule has 0 aliphatic heterocycles. The van der Waals surface area contributed by atoms with Gasteiger partial charge in [0, 0.05) is 10.0 Å². The first-order valence-corrected chi connectivity index (χ1v) is 11.1. The second-order valence-electron chi connectivity index (χ2n) is 6.36. The van der Waals surface area contributed by atoms with Crippen LogP contribution in [0.25, 0.3) is 0 Å². The van der Waals surface area contributed by atoms with E-state index >= 15 is 0 Å². The summed E-state index contributed by atoms with van der Waals surface area (Å²) < 4.78 is 30.8. The van der Waals surface area contributed by atoms with Crippen LogP contribution in [-0.4, -0.2) is 40.3 Å². The summed E-state index contributed by atoms with van der Waals surface area (Å²) in [5, 5.41) is 3.21. The number of benzene rings is 2. The minimum absolute atomic E-state index is 0.224. The summed E-state index contributed by atoms with van der Waals surface area (Å²) in [5.74, 6) is 0.284. The SMILES string of the molecule is Cc1ccc(C)c(OCCNC(=O)CN(c2cc(Cl)cc(Cl)c2)S(C)(=O)=O)c1. The summed E-state index contributed by atoms with van der Waals surface area (Å²) in [7, 11) is -3.71. The van der Waals surface area contributed by atoms with Crippen LogP contribution in [0.1, 0.15) is 11.1 Å². The number of hydrogen-bond acceptors (Lipinski definition) is 4. The van der Waals surface area contributed by atoms with Gasteiger partial charge in [0.15, 0.2) is 0 Å². The van der Waals surface area contributed by atoms with Gasteiger partial charge in [0.2, 0.25) is 15.9 Å². The molecule has 0 heterocycles. The van der Waals surface area contributed by atoms with Crippen LogP contribution in [0, 0.1) is 13.8 Å². The van der Waals surface area contributed by atoms with Gasteiger partial charge in [-0.05, 0) is 49.2 Å². The van der Waals surface area contributed by atoms with Crippen LogP contribution in [-0.2, 0) is 14.8 Å². The highest BCUT2D eigenvalue weighted by atomic mass is 35.5. The molecule has 0 fully saturated rings. The molecule has 0 saturated carbocycles. The van der Waals surface area contributed by atoms with E-state index in [4.69, 9.17) is 27.9 Å². The van der Waals surface area contributed by atoms with Crippen molar-refractivity contribution in [2.45, 2.75) is 13.8 Å². The number of hydrogen-bond donors (Lipinski definition) is 1. The van der Waals surface area contributed by atoms with E-state index in [0.717, 1.165) is 27.4 Å². The van der Waals surface area contributed by atoms with Gasteiger partial charge in [-0.2, -0.15) is 0 Å². The Labute approximate surface area is 175 Å². The Morgan fingerprint density at radius 3 is 2.36 bits per heavy atom. The van der Waals surface area contributed by atoms with E-state index in [1.54, 1.807) is 0 Å². The molecule has 0 aromatic heterocycles. The summed E-state index contributed by atoms with van der Waals surface area (Å²) in [6.07, 6.45) is 1.01. The van der Waals surface area contributed by atoms with E-state index in [1.165, 1.54) is 18.2 Å². The zero-order valence-electron chi connectivity index (χ0n) is 15.8. The van der Waals surface area contributed by atoms with Crippen LogP contribution in [0.15, 0.2) is 36.4 Å². The molecule has 9 heteroatoms. The van der Waals surface area contributed by atoms with Crippen molar-refractivity contribution in [2.24, 2.45) is 0 Å². The Kier molecular flexibility index (Phi) is 7.57. The molecule has 0 aliphatic carbocycles. The van der Waals surface area contributed by atoms with Crippen LogP contribution in [0.5, 0.6) is 5.75 Å². The van der Waals surface area contributed by atoms with Gasteiger partial charge in [0.05, 0.1) is 18.5 Å². The van der Waals surface area contributed by atoms with E-state index in [2.05, 4.69) is 5.32 Å². The summed E-state index contributed by atoms with van der Waals surface area (Å²) in [6, 6.07) is 10.2. The molecule has 2 aromatic rings. The lowest BCUT2D eigenvalue weighted by Crippen LogP contribution is -2.41. The third-order valence-corrected chi connectivity index (χ3v) is 5.43. The Bertz CT molecular complexity index is 944. The maximum absolute atomic E-state index is 12.2. The lowest BCUT2D eigenvalue weighted by Gasteiger charge is -2.22. The standard InChI is InChI=1S/C19H22Cl2N2O4S/c1-13-4-5-14(2)18(8-13)27-7-6-22-19(24)12-23(28(3,25)26)17-10-15(20)9-16(21)11-17/h4-5,8-11H,6-7,12H2,1-3H3,(H,22,24). The average Bonchev–Trinajstić information content (AvgIpc) is 2.57. The molecule has 0 bridgehead atoms. The normalized spacial score (nSPS) is 11.2. The van der Waals surface area contributed by atoms with Crippen LogP contribution >= 0.6 is 23.2 Å². The van der Waals surface area contributed by atoms with Crippen LogP contribution in [0.3, 0.4) is 0 Å². The number of halogens is 2. The molecule has 2 aromatic carbocycles. The van der Waals surface area contributed by atoms with E-state index < -0.39 is 15.9 Å². The molecule has 0 saturated heterocycles. The Balaban J connectivity index is 1.96. The second-order valence-corrected chi connectivity index (χ2v) is 9.14. The maximum Gasteiger partial charge on any atom is 0.240 e. The van der Waals surface area contributed by atoms with Crippen molar-refractivity contribution >= 4 is 44.8 Å². The van der Waals surface area contributed by atoms with Crippen molar-refractivity contribution in [1.29, 1.82) is 0 Å². The molecule has 0 radical (unpaired) electrons. The van der Waals surface area contributed by atoms with Gasteiger partial charge < -0.3 is 10.1 Å². The van der Waals surface area contributed by atoms with Crippen molar-refractivity contribution < 1.29 is 17.9 Å². The molecule has 0 aliphatic rings. The van der Waals surface area contributed by atoms with Crippen molar-refractivity contribution in [3.05, 3.63) is 57.6 Å². The first-order chi connectivity index (χ1) is 13.1. The molecule has 2 rings (SSSR count). The first kappa shape index (κ1) is 22.3. The highest BCUT2D eigenvalue weighted by molar-refractivity contribution is 7.92. The minimum atomic E-state index is -3.71. The number of carbonyl (C=O) groups excluding carboxylic acids is 1. The minimum Gasteiger partial charge on any atom is -0.491 e. The van der Waals surface area contributed by atoms with Gasteiger partial charge in [-0.1, -0.05) is 35.3 Å². The van der Waals surface area contributed by atoms with E-state index in [1.807, 2.05) is 32.0 Å². The van der Waals surface area contributed by atoms with Crippen molar-refractivity contribution in [2.75, 3.05) is 30.3 Å². The van der Waals surface area contributed by atoms with Crippen LogP contribution in [0.4, 0.5) is 5.69 Å². The monoisotopic (exact) mass is 444 g/mol. The van der Waals surface area contributed by atoms with E-state index in [-0.39, 0.29) is 35.4 Å². The average molecular weight is 445 g/mol. The van der Waals surface area contributed by atoms with Gasteiger partial charge >= 0.3 is 0 Å². The lowest BCUT2D eigenvalue weighted by atomic mass is 10.1. The number of anilines is 1. The highest BCUT2D eigenvalue weighted by Gasteiger charge is 2.21. The van der Waals surface area contributed by atoms with Crippen molar-refractivity contribution in [3.63, 3.8) is 0 Å². The van der Waals surface area contributed by atoms with E-state index in [9.17, 15) is 13.2 Å². The molecule has 1 N–H and O–H groups in total.